The number of H-pyrrole nitrogens is 2. The van der Waals surface area contributed by atoms with Crippen LogP contribution in [0.5, 0.6) is 0 Å². The van der Waals surface area contributed by atoms with Gasteiger partial charge in [-0.15, -0.1) is 0 Å². The molecule has 8 bridgehead atoms. The van der Waals surface area contributed by atoms with E-state index < -0.39 is 0 Å². The van der Waals surface area contributed by atoms with E-state index >= 15 is 0 Å². The quantitative estimate of drug-likeness (QED) is 0.184. The number of likely N-dealkylation sites (tertiary alicyclic amines) is 2. The third-order valence-electron chi connectivity index (χ3n) is 13.2. The van der Waals surface area contributed by atoms with Crippen LogP contribution in [0, 0.1) is 0 Å². The Morgan fingerprint density at radius 1 is 0.344 bits per heavy atom. The first-order valence-electron chi connectivity index (χ1n) is 20.8. The predicted molar refractivity (Wildman–Crippen MR) is 269 cm³/mol. The van der Waals surface area contributed by atoms with E-state index in [1.807, 2.05) is 72.8 Å². The van der Waals surface area contributed by atoms with E-state index in [4.69, 9.17) is 103 Å². The first kappa shape index (κ1) is 42.8. The molecule has 0 saturated carbocycles. The fraction of sp³-hybridized carbons (Fsp3) is 0.200. The summed E-state index contributed by atoms with van der Waals surface area (Å²) in [6.07, 6.45) is 0. The summed E-state index contributed by atoms with van der Waals surface area (Å²) in [5, 5.41) is 3.97. The Morgan fingerprint density at radius 2 is 0.547 bits per heavy atom. The number of aromatic amines is 2. The first-order valence-corrected chi connectivity index (χ1v) is 23.8. The van der Waals surface area contributed by atoms with Crippen molar-refractivity contribution in [3.8, 4) is 44.5 Å². The number of nitrogens with one attached hydrogen (secondary N) is 2. The second-order valence-corrected chi connectivity index (χ2v) is 20.3. The minimum absolute atomic E-state index is 0.0632. The SMILES string of the molecule is CN1CC2c3nc(c(-c4c(Cl)cccc4Cl)c4ccc([nH]4)c(-c4c(Cl)cccc4Cl)c4nc(c(-c5c(Cl)cccc5Cl)c5ccc([nH]5)c3-c3c(Cl)cccc3Cl)[C@H]3CN(C)C[C@@H]43)C2C1. The monoisotopic (exact) mass is 1000 g/mol. The Balaban J connectivity index is 1.42. The van der Waals surface area contributed by atoms with Crippen molar-refractivity contribution >= 4 is 115 Å². The van der Waals surface area contributed by atoms with Crippen LogP contribution in [0.2, 0.25) is 40.2 Å². The van der Waals surface area contributed by atoms with Crippen molar-refractivity contribution in [2.45, 2.75) is 23.7 Å². The van der Waals surface area contributed by atoms with Gasteiger partial charge in [0.2, 0.25) is 0 Å². The minimum Gasteiger partial charge on any atom is -0.354 e. The lowest BCUT2D eigenvalue weighted by atomic mass is 9.87. The molecule has 0 amide bonds. The summed E-state index contributed by atoms with van der Waals surface area (Å²) in [5.41, 5.74) is 12.3. The molecule has 14 heteroatoms. The average Bonchev–Trinajstić information content (AvgIpc) is 4.11. The maximum Gasteiger partial charge on any atom is 0.0558 e. The molecule has 0 radical (unpaired) electrons. The lowest BCUT2D eigenvalue weighted by Gasteiger charge is -2.16. The Kier molecular flexibility index (Phi) is 11.1. The molecular formula is C50H36Cl8N6. The van der Waals surface area contributed by atoms with Crippen LogP contribution < -0.4 is 0 Å². The largest absolute Gasteiger partial charge is 0.354 e. The third kappa shape index (κ3) is 6.90. The van der Waals surface area contributed by atoms with Gasteiger partial charge in [-0.05, 0) is 86.9 Å². The molecule has 7 aromatic rings. The van der Waals surface area contributed by atoms with Crippen LogP contribution in [0.3, 0.4) is 0 Å². The number of hydrogen-bond donors (Lipinski definition) is 2. The second-order valence-electron chi connectivity index (χ2n) is 17.1. The molecule has 0 spiro atoms. The van der Waals surface area contributed by atoms with Crippen LogP contribution in [0.1, 0.15) is 46.4 Å². The van der Waals surface area contributed by atoms with E-state index in [1.165, 1.54) is 0 Å². The van der Waals surface area contributed by atoms with Gasteiger partial charge in [-0.25, -0.2) is 0 Å². The van der Waals surface area contributed by atoms with Gasteiger partial charge in [-0.1, -0.05) is 117 Å². The molecule has 11 rings (SSSR count). The number of halogens is 8. The van der Waals surface area contributed by atoms with Gasteiger partial charge in [0.1, 0.15) is 0 Å². The summed E-state index contributed by atoms with van der Waals surface area (Å²) in [4.78, 5) is 23.8. The van der Waals surface area contributed by atoms with Gasteiger partial charge in [0.25, 0.3) is 0 Å². The van der Waals surface area contributed by atoms with E-state index in [1.54, 1.807) is 0 Å². The van der Waals surface area contributed by atoms with Gasteiger partial charge in [0.15, 0.2) is 0 Å². The van der Waals surface area contributed by atoms with Gasteiger partial charge >= 0.3 is 0 Å². The molecule has 4 aliphatic rings. The zero-order valence-corrected chi connectivity index (χ0v) is 40.2. The first-order chi connectivity index (χ1) is 30.9. The second kappa shape index (κ2) is 16.5. The molecule has 4 atom stereocenters. The topological polar surface area (TPSA) is 63.8 Å². The van der Waals surface area contributed by atoms with Crippen LogP contribution in [0.15, 0.2) is 97.1 Å². The number of rotatable bonds is 4. The van der Waals surface area contributed by atoms with Crippen LogP contribution in [-0.2, 0) is 0 Å². The Morgan fingerprint density at radius 3 is 0.750 bits per heavy atom. The highest BCUT2D eigenvalue weighted by Gasteiger charge is 2.45. The number of aromatic nitrogens is 4. The molecule has 7 heterocycles. The number of hydrogen-bond acceptors (Lipinski definition) is 4. The van der Waals surface area contributed by atoms with Crippen molar-refractivity contribution in [3.05, 3.63) is 160 Å². The predicted octanol–water partition coefficient (Wildman–Crippen LogP) is 15.8. The van der Waals surface area contributed by atoms with Crippen molar-refractivity contribution in [3.63, 3.8) is 0 Å². The third-order valence-corrected chi connectivity index (χ3v) is 15.7. The van der Waals surface area contributed by atoms with Crippen LogP contribution in [-0.4, -0.2) is 70.0 Å². The van der Waals surface area contributed by atoms with Crippen LogP contribution >= 0.6 is 92.8 Å². The van der Waals surface area contributed by atoms with Crippen molar-refractivity contribution in [2.24, 2.45) is 0 Å². The lowest BCUT2D eigenvalue weighted by Crippen LogP contribution is -2.15. The molecule has 3 aromatic heterocycles. The molecule has 4 aromatic carbocycles. The molecule has 2 unspecified atom stereocenters. The maximum absolute atomic E-state index is 7.21. The number of benzene rings is 4. The Hall–Kier alpha value is -3.76. The lowest BCUT2D eigenvalue weighted by molar-refractivity contribution is 0.404. The smallest absolute Gasteiger partial charge is 0.0558 e. The Bertz CT molecular complexity index is 2770. The van der Waals surface area contributed by atoms with Gasteiger partial charge < -0.3 is 19.8 Å². The van der Waals surface area contributed by atoms with E-state index in [0.29, 0.717) is 62.4 Å². The maximum atomic E-state index is 7.21. The highest BCUT2D eigenvalue weighted by atomic mass is 35.5. The highest BCUT2D eigenvalue weighted by Crippen LogP contribution is 2.55. The fourth-order valence-corrected chi connectivity index (χ4v) is 12.9. The van der Waals surface area contributed by atoms with E-state index in [-0.39, 0.29) is 23.7 Å². The average molecular weight is 1000 g/mol. The molecule has 0 aliphatic carbocycles. The zero-order valence-electron chi connectivity index (χ0n) is 34.2. The summed E-state index contributed by atoms with van der Waals surface area (Å²) in [5.74, 6) is -0.253. The molecule has 322 valence electrons. The van der Waals surface area contributed by atoms with E-state index in [2.05, 4.69) is 58.1 Å². The number of likely N-dealkylation sites (N-methyl/N-ethyl adjacent to an activating group) is 2. The highest BCUT2D eigenvalue weighted by molar-refractivity contribution is 6.42. The molecule has 2 N–H and O–H groups in total. The normalized spacial score (nSPS) is 19.7. The number of nitrogens with zero attached hydrogens (tertiary/aromatic N) is 4. The molecule has 2 fully saturated rings. The van der Waals surface area contributed by atoms with Crippen molar-refractivity contribution in [2.75, 3.05) is 40.3 Å². The molecule has 2 saturated heterocycles. The molecule has 4 aliphatic heterocycles. The number of fused-ring (bicyclic) bond motifs is 14. The summed E-state index contributed by atoms with van der Waals surface area (Å²) >= 11 is 57.7. The van der Waals surface area contributed by atoms with Gasteiger partial charge in [0.05, 0.1) is 63.0 Å². The minimum atomic E-state index is -0.0632. The fourth-order valence-electron chi connectivity index (χ4n) is 10.6. The van der Waals surface area contributed by atoms with E-state index in [9.17, 15) is 0 Å². The summed E-state index contributed by atoms with van der Waals surface area (Å²) in [6, 6.07) is 30.6. The van der Waals surface area contributed by atoms with Crippen molar-refractivity contribution in [1.82, 2.24) is 29.7 Å². The summed E-state index contributed by atoms with van der Waals surface area (Å²) in [6.45, 7) is 2.92. The molecule has 64 heavy (non-hydrogen) atoms. The van der Waals surface area contributed by atoms with Crippen molar-refractivity contribution < 1.29 is 0 Å². The summed E-state index contributed by atoms with van der Waals surface area (Å²) < 4.78 is 0. The van der Waals surface area contributed by atoms with Gasteiger partial charge in [-0.2, -0.15) is 0 Å². The molecular weight excluding hydrogens is 968 g/mol. The molecule has 6 nitrogen and oxygen atoms in total. The van der Waals surface area contributed by atoms with Crippen molar-refractivity contribution in [1.29, 1.82) is 0 Å². The zero-order chi connectivity index (χ0) is 44.3. The van der Waals surface area contributed by atoms with Crippen LogP contribution in [0.4, 0.5) is 0 Å². The van der Waals surface area contributed by atoms with Gasteiger partial charge in [-0.3, -0.25) is 9.97 Å². The van der Waals surface area contributed by atoms with E-state index in [0.717, 1.165) is 93.3 Å². The summed E-state index contributed by atoms with van der Waals surface area (Å²) in [7, 11) is 4.27. The standard InChI is InChI=1S/C50H36Cl8N6/c1-63-19-23-24(20-63)48-44(40-29(53)9-4-10-30(40)54)36-16-18-38(60-36)46(42-33(57)13-6-14-34(42)58)50-26-22-64(2)21-25(26)49(62-50)45(41-31(55)11-5-12-32(41)56)37-17-15-35(59-37)43(47(23)61-48)39-27(51)7-3-8-28(39)52/h3-18,23-26,59-60H,19-22H2,1-2H3/t23-,24+,25?,26?. The van der Waals surface area contributed by atoms with Crippen LogP contribution in [0.25, 0.3) is 66.6 Å². The van der Waals surface area contributed by atoms with Gasteiger partial charge in [0, 0.05) is 116 Å². The Labute approximate surface area is 410 Å².